The Morgan fingerprint density at radius 2 is 1.76 bits per heavy atom. The van der Waals surface area contributed by atoms with Crippen molar-refractivity contribution in [1.82, 2.24) is 9.80 Å². The van der Waals surface area contributed by atoms with Crippen LogP contribution in [0, 0.1) is 13.8 Å². The van der Waals surface area contributed by atoms with Gasteiger partial charge in [-0.2, -0.15) is 0 Å². The van der Waals surface area contributed by atoms with Crippen LogP contribution in [0.1, 0.15) is 28.7 Å². The minimum Gasteiger partial charge on any atom is -0.464 e. The van der Waals surface area contributed by atoms with Gasteiger partial charge in [0.25, 0.3) is 0 Å². The molecule has 0 aliphatic carbocycles. The fourth-order valence-electron chi connectivity index (χ4n) is 4.59. The van der Waals surface area contributed by atoms with Gasteiger partial charge in [-0.1, -0.05) is 30.3 Å². The summed E-state index contributed by atoms with van der Waals surface area (Å²) in [5.41, 5.74) is 4.48. The van der Waals surface area contributed by atoms with E-state index in [4.69, 9.17) is 8.83 Å². The molecule has 0 atom stereocenters. The normalized spacial score (nSPS) is 14.5. The highest BCUT2D eigenvalue weighted by Crippen LogP contribution is 2.29. The summed E-state index contributed by atoms with van der Waals surface area (Å²) in [6, 6.07) is 14.0. The maximum absolute atomic E-state index is 12.9. The van der Waals surface area contributed by atoms with Crippen LogP contribution in [0.25, 0.3) is 28.0 Å². The zero-order chi connectivity index (χ0) is 23.7. The molecule has 0 bridgehead atoms. The molecule has 1 aliphatic rings. The van der Waals surface area contributed by atoms with Crippen LogP contribution in [0.2, 0.25) is 0 Å². The van der Waals surface area contributed by atoms with Crippen molar-refractivity contribution in [2.45, 2.75) is 26.7 Å². The smallest absolute Gasteiger partial charge is 0.339 e. The van der Waals surface area contributed by atoms with Crippen LogP contribution in [-0.2, 0) is 11.2 Å². The second kappa shape index (κ2) is 9.21. The summed E-state index contributed by atoms with van der Waals surface area (Å²) >= 11 is 0. The first-order valence-corrected chi connectivity index (χ1v) is 11.7. The number of rotatable bonds is 5. The summed E-state index contributed by atoms with van der Waals surface area (Å²) in [5.74, 6) is 0.0757. The molecule has 6 nitrogen and oxygen atoms in total. The predicted molar refractivity (Wildman–Crippen MR) is 134 cm³/mol. The predicted octanol–water partition coefficient (Wildman–Crippen LogP) is 4.90. The van der Waals surface area contributed by atoms with E-state index >= 15 is 0 Å². The Labute approximate surface area is 198 Å². The highest BCUT2D eigenvalue weighted by Gasteiger charge is 2.21. The summed E-state index contributed by atoms with van der Waals surface area (Å²) < 4.78 is 11.1. The zero-order valence-corrected chi connectivity index (χ0v) is 19.5. The molecule has 0 spiro atoms. The first kappa shape index (κ1) is 22.0. The van der Waals surface area contributed by atoms with E-state index in [0.29, 0.717) is 42.7 Å². The highest BCUT2D eigenvalue weighted by atomic mass is 16.4. The summed E-state index contributed by atoms with van der Waals surface area (Å²) in [7, 11) is 0. The van der Waals surface area contributed by atoms with Crippen molar-refractivity contribution in [3.05, 3.63) is 87.6 Å². The van der Waals surface area contributed by atoms with E-state index in [0.717, 1.165) is 40.6 Å². The topological polar surface area (TPSA) is 66.9 Å². The first-order chi connectivity index (χ1) is 16.5. The SMILES string of the molecule is Cc1coc2cc3oc(=O)c(CCC(=O)N4CCN(C=Cc5ccccc5)CC4)c(C)c3cc12. The van der Waals surface area contributed by atoms with Crippen LogP contribution < -0.4 is 5.63 Å². The molecule has 0 unspecified atom stereocenters. The fraction of sp³-hybridized carbons (Fsp3) is 0.286. The number of amides is 1. The van der Waals surface area contributed by atoms with E-state index in [1.807, 2.05) is 43.0 Å². The molecule has 0 saturated carbocycles. The minimum absolute atomic E-state index is 0.0757. The van der Waals surface area contributed by atoms with E-state index in [1.165, 1.54) is 0 Å². The molecule has 5 rings (SSSR count). The van der Waals surface area contributed by atoms with Gasteiger partial charge >= 0.3 is 5.63 Å². The molecule has 3 heterocycles. The highest BCUT2D eigenvalue weighted by molar-refractivity contribution is 5.96. The Bertz CT molecular complexity index is 1420. The molecule has 2 aromatic heterocycles. The van der Waals surface area contributed by atoms with Crippen LogP contribution in [0.15, 0.2) is 68.6 Å². The van der Waals surface area contributed by atoms with Crippen LogP contribution in [0.5, 0.6) is 0 Å². The Balaban J connectivity index is 1.23. The Morgan fingerprint density at radius 1 is 1.00 bits per heavy atom. The van der Waals surface area contributed by atoms with E-state index in [9.17, 15) is 9.59 Å². The lowest BCUT2D eigenvalue weighted by molar-refractivity contribution is -0.132. The molecule has 0 radical (unpaired) electrons. The molecule has 0 N–H and O–H groups in total. The number of carbonyl (C=O) groups is 1. The Morgan fingerprint density at radius 3 is 2.53 bits per heavy atom. The van der Waals surface area contributed by atoms with E-state index in [2.05, 4.69) is 29.3 Å². The molecule has 1 amide bonds. The van der Waals surface area contributed by atoms with Gasteiger partial charge in [0, 0.05) is 55.0 Å². The summed E-state index contributed by atoms with van der Waals surface area (Å²) in [4.78, 5) is 29.7. The van der Waals surface area contributed by atoms with Gasteiger partial charge in [-0.3, -0.25) is 4.79 Å². The molecule has 6 heteroatoms. The van der Waals surface area contributed by atoms with Gasteiger partial charge in [-0.25, -0.2) is 4.79 Å². The summed E-state index contributed by atoms with van der Waals surface area (Å²) in [5, 5.41) is 1.89. The molecule has 4 aromatic rings. The van der Waals surface area contributed by atoms with Crippen LogP contribution in [0.3, 0.4) is 0 Å². The van der Waals surface area contributed by atoms with Crippen molar-refractivity contribution in [1.29, 1.82) is 0 Å². The van der Waals surface area contributed by atoms with Crippen molar-refractivity contribution >= 4 is 33.9 Å². The second-order valence-corrected chi connectivity index (χ2v) is 8.90. The number of carbonyl (C=O) groups excluding carboxylic acids is 1. The van der Waals surface area contributed by atoms with Crippen LogP contribution >= 0.6 is 0 Å². The number of benzene rings is 2. The fourth-order valence-corrected chi connectivity index (χ4v) is 4.59. The quantitative estimate of drug-likeness (QED) is 0.400. The zero-order valence-electron chi connectivity index (χ0n) is 19.5. The number of furan rings is 1. The third-order valence-corrected chi connectivity index (χ3v) is 6.71. The van der Waals surface area contributed by atoms with Crippen molar-refractivity contribution < 1.29 is 13.6 Å². The molecular formula is C28H28N2O4. The summed E-state index contributed by atoms with van der Waals surface area (Å²) in [6.45, 7) is 6.88. The van der Waals surface area contributed by atoms with Crippen LogP contribution in [0.4, 0.5) is 0 Å². The van der Waals surface area contributed by atoms with Gasteiger partial charge < -0.3 is 18.6 Å². The molecule has 1 saturated heterocycles. The molecule has 174 valence electrons. The van der Waals surface area contributed by atoms with Gasteiger partial charge in [0.05, 0.1) is 6.26 Å². The lowest BCUT2D eigenvalue weighted by atomic mass is 10.0. The van der Waals surface area contributed by atoms with Crippen LogP contribution in [-0.4, -0.2) is 41.9 Å². The standard InChI is InChI=1S/C28H28N2O4/c1-19-18-33-25-17-26-24(16-23(19)25)20(2)22(28(32)34-26)8-9-27(31)30-14-12-29(13-15-30)11-10-21-6-4-3-5-7-21/h3-7,10-11,16-18H,8-9,12-15H2,1-2H3. The maximum Gasteiger partial charge on any atom is 0.339 e. The van der Waals surface area contributed by atoms with E-state index < -0.39 is 0 Å². The number of nitrogens with zero attached hydrogens (tertiary/aromatic N) is 2. The number of hydrogen-bond acceptors (Lipinski definition) is 5. The van der Waals surface area contributed by atoms with Gasteiger partial charge in [0.2, 0.25) is 5.91 Å². The second-order valence-electron chi connectivity index (χ2n) is 8.90. The molecule has 2 aromatic carbocycles. The van der Waals surface area contributed by atoms with Crippen molar-refractivity contribution in [2.75, 3.05) is 26.2 Å². The average Bonchev–Trinajstić information content (AvgIpc) is 3.22. The number of fused-ring (bicyclic) bond motifs is 2. The van der Waals surface area contributed by atoms with E-state index in [-0.39, 0.29) is 11.5 Å². The van der Waals surface area contributed by atoms with Crippen molar-refractivity contribution in [3.63, 3.8) is 0 Å². The third-order valence-electron chi connectivity index (χ3n) is 6.71. The molecule has 34 heavy (non-hydrogen) atoms. The lowest BCUT2D eigenvalue weighted by Crippen LogP contribution is -2.46. The number of piperazine rings is 1. The monoisotopic (exact) mass is 456 g/mol. The number of hydrogen-bond donors (Lipinski definition) is 0. The maximum atomic E-state index is 12.9. The molecule has 1 fully saturated rings. The molecule has 1 aliphatic heterocycles. The van der Waals surface area contributed by atoms with Gasteiger partial charge in [-0.15, -0.1) is 0 Å². The minimum atomic E-state index is -0.378. The van der Waals surface area contributed by atoms with Crippen molar-refractivity contribution in [3.8, 4) is 0 Å². The third kappa shape index (κ3) is 4.36. The first-order valence-electron chi connectivity index (χ1n) is 11.7. The molecular weight excluding hydrogens is 428 g/mol. The average molecular weight is 457 g/mol. The Hall–Kier alpha value is -3.80. The van der Waals surface area contributed by atoms with Gasteiger partial charge in [0.1, 0.15) is 11.2 Å². The summed E-state index contributed by atoms with van der Waals surface area (Å²) in [6.07, 6.45) is 6.56. The van der Waals surface area contributed by atoms with Gasteiger partial charge in [-0.05, 0) is 55.3 Å². The van der Waals surface area contributed by atoms with Gasteiger partial charge in [0.15, 0.2) is 0 Å². The largest absolute Gasteiger partial charge is 0.464 e. The lowest BCUT2D eigenvalue weighted by Gasteiger charge is -2.34. The Kier molecular flexibility index (Phi) is 5.97. The van der Waals surface area contributed by atoms with Crippen molar-refractivity contribution in [2.24, 2.45) is 0 Å². The number of aryl methyl sites for hydroxylation is 2. The van der Waals surface area contributed by atoms with E-state index in [1.54, 1.807) is 12.3 Å².